The minimum atomic E-state index is -0.646. The molecule has 0 aliphatic carbocycles. The first-order valence-corrected chi connectivity index (χ1v) is 5.79. The molecule has 96 valence electrons. The van der Waals surface area contributed by atoms with E-state index in [0.29, 0.717) is 6.42 Å². The highest BCUT2D eigenvalue weighted by Gasteiger charge is 2.62. The van der Waals surface area contributed by atoms with Gasteiger partial charge >= 0.3 is 0 Å². The zero-order valence-electron chi connectivity index (χ0n) is 10.6. The minimum absolute atomic E-state index is 0.253. The van der Waals surface area contributed by atoms with Crippen LogP contribution >= 0.6 is 0 Å². The summed E-state index contributed by atoms with van der Waals surface area (Å²) in [5, 5.41) is 0. The molecule has 2 heterocycles. The molecule has 0 aromatic rings. The second kappa shape index (κ2) is 4.21. The summed E-state index contributed by atoms with van der Waals surface area (Å²) in [6, 6.07) is 0. The molecule has 0 spiro atoms. The molecule has 0 saturated carbocycles. The van der Waals surface area contributed by atoms with Gasteiger partial charge in [-0.15, -0.1) is 13.2 Å². The Morgan fingerprint density at radius 3 is 2.53 bits per heavy atom. The number of hydrogen-bond donors (Lipinski definition) is 0. The van der Waals surface area contributed by atoms with Crippen LogP contribution < -0.4 is 0 Å². The van der Waals surface area contributed by atoms with Crippen LogP contribution in [0.2, 0.25) is 0 Å². The summed E-state index contributed by atoms with van der Waals surface area (Å²) in [4.78, 5) is 0. The molecule has 4 atom stereocenters. The lowest BCUT2D eigenvalue weighted by Crippen LogP contribution is -2.49. The molecule has 4 nitrogen and oxygen atoms in total. The van der Waals surface area contributed by atoms with E-state index in [-0.39, 0.29) is 12.2 Å². The van der Waals surface area contributed by atoms with Crippen molar-refractivity contribution in [3.63, 3.8) is 0 Å². The maximum atomic E-state index is 5.90. The standard InChI is InChI=1S/C13H20O4/c1-6-8-13(14-5)9(7-2)15-11-10(13)16-12(3,4)17-11/h6-7,9-11H,1-2,8H2,3-5H3/t9-,10+,11-,13-/m1/s1. The van der Waals surface area contributed by atoms with Crippen molar-refractivity contribution in [1.82, 2.24) is 0 Å². The largest absolute Gasteiger partial charge is 0.372 e. The van der Waals surface area contributed by atoms with E-state index < -0.39 is 17.7 Å². The van der Waals surface area contributed by atoms with Crippen LogP contribution in [-0.4, -0.2) is 37.0 Å². The van der Waals surface area contributed by atoms with Crippen molar-refractivity contribution in [2.24, 2.45) is 0 Å². The van der Waals surface area contributed by atoms with Crippen molar-refractivity contribution < 1.29 is 18.9 Å². The molecule has 0 N–H and O–H groups in total. The predicted octanol–water partition coefficient (Wildman–Crippen LogP) is 2.01. The van der Waals surface area contributed by atoms with E-state index in [2.05, 4.69) is 13.2 Å². The van der Waals surface area contributed by atoms with Crippen LogP contribution in [0.25, 0.3) is 0 Å². The average molecular weight is 240 g/mol. The van der Waals surface area contributed by atoms with Crippen LogP contribution in [-0.2, 0) is 18.9 Å². The molecule has 0 amide bonds. The Kier molecular flexibility index (Phi) is 3.16. The summed E-state index contributed by atoms with van der Waals surface area (Å²) in [7, 11) is 1.65. The number of ether oxygens (including phenoxy) is 4. The highest BCUT2D eigenvalue weighted by molar-refractivity contribution is 5.13. The van der Waals surface area contributed by atoms with Gasteiger partial charge in [0.25, 0.3) is 0 Å². The van der Waals surface area contributed by atoms with Crippen molar-refractivity contribution >= 4 is 0 Å². The lowest BCUT2D eigenvalue weighted by atomic mass is 9.88. The molecule has 17 heavy (non-hydrogen) atoms. The summed E-state index contributed by atoms with van der Waals surface area (Å²) in [6.45, 7) is 11.3. The quantitative estimate of drug-likeness (QED) is 0.704. The maximum Gasteiger partial charge on any atom is 0.190 e. The molecule has 2 aliphatic heterocycles. The minimum Gasteiger partial charge on any atom is -0.372 e. The van der Waals surface area contributed by atoms with Crippen LogP contribution in [0.4, 0.5) is 0 Å². The van der Waals surface area contributed by atoms with Crippen molar-refractivity contribution in [2.45, 2.75) is 50.2 Å². The van der Waals surface area contributed by atoms with Gasteiger partial charge in [-0.1, -0.05) is 12.2 Å². The molecule has 2 saturated heterocycles. The molecule has 4 heteroatoms. The third kappa shape index (κ3) is 1.85. The Hall–Kier alpha value is -0.680. The van der Waals surface area contributed by atoms with Crippen molar-refractivity contribution in [1.29, 1.82) is 0 Å². The smallest absolute Gasteiger partial charge is 0.190 e. The van der Waals surface area contributed by atoms with Crippen LogP contribution in [0.3, 0.4) is 0 Å². The molecule has 0 aromatic carbocycles. The first-order valence-electron chi connectivity index (χ1n) is 5.79. The molecule has 2 rings (SSSR count). The number of rotatable bonds is 4. The molecule has 0 radical (unpaired) electrons. The van der Waals surface area contributed by atoms with Crippen molar-refractivity contribution in [3.05, 3.63) is 25.3 Å². The van der Waals surface area contributed by atoms with E-state index in [1.807, 2.05) is 13.8 Å². The molecule has 0 aromatic heterocycles. The van der Waals surface area contributed by atoms with Gasteiger partial charge in [-0.3, -0.25) is 0 Å². The highest BCUT2D eigenvalue weighted by Crippen LogP contribution is 2.46. The van der Waals surface area contributed by atoms with Gasteiger partial charge in [0.2, 0.25) is 0 Å². The third-order valence-corrected chi connectivity index (χ3v) is 3.36. The molecular weight excluding hydrogens is 220 g/mol. The van der Waals surface area contributed by atoms with Crippen LogP contribution in [0.5, 0.6) is 0 Å². The molecule has 0 unspecified atom stereocenters. The summed E-state index contributed by atoms with van der Waals surface area (Å²) in [5.74, 6) is -0.646. The first-order chi connectivity index (χ1) is 7.99. The van der Waals surface area contributed by atoms with E-state index in [1.54, 1.807) is 19.3 Å². The van der Waals surface area contributed by atoms with E-state index in [0.717, 1.165) is 0 Å². The van der Waals surface area contributed by atoms with Crippen molar-refractivity contribution in [3.8, 4) is 0 Å². The topological polar surface area (TPSA) is 36.9 Å². The fourth-order valence-corrected chi connectivity index (χ4v) is 2.61. The Morgan fingerprint density at radius 2 is 2.00 bits per heavy atom. The van der Waals surface area contributed by atoms with Crippen LogP contribution in [0.15, 0.2) is 25.3 Å². The molecule has 2 aliphatic rings. The van der Waals surface area contributed by atoms with E-state index >= 15 is 0 Å². The Labute approximate surface area is 102 Å². The predicted molar refractivity (Wildman–Crippen MR) is 63.4 cm³/mol. The third-order valence-electron chi connectivity index (χ3n) is 3.36. The summed E-state index contributed by atoms with van der Waals surface area (Å²) in [6.07, 6.45) is 3.24. The van der Waals surface area contributed by atoms with Gasteiger partial charge in [-0.05, 0) is 20.3 Å². The van der Waals surface area contributed by atoms with Crippen LogP contribution in [0, 0.1) is 0 Å². The Bertz CT molecular complexity index is 325. The number of hydrogen-bond acceptors (Lipinski definition) is 4. The average Bonchev–Trinajstić information content (AvgIpc) is 2.71. The highest BCUT2D eigenvalue weighted by atomic mass is 16.8. The van der Waals surface area contributed by atoms with Crippen molar-refractivity contribution in [2.75, 3.05) is 7.11 Å². The van der Waals surface area contributed by atoms with Gasteiger partial charge in [0, 0.05) is 7.11 Å². The van der Waals surface area contributed by atoms with Gasteiger partial charge < -0.3 is 18.9 Å². The number of methoxy groups -OCH3 is 1. The summed E-state index contributed by atoms with van der Waals surface area (Å²) in [5.41, 5.74) is -0.595. The SMILES string of the molecule is C=CC[C@@]1(OC)[C@@H](C=C)O[C@@H]2OC(C)(C)O[C@@H]21. The monoisotopic (exact) mass is 240 g/mol. The molecule has 2 fully saturated rings. The second-order valence-corrected chi connectivity index (χ2v) is 4.87. The second-order valence-electron chi connectivity index (χ2n) is 4.87. The molecular formula is C13H20O4. The summed E-state index contributed by atoms with van der Waals surface area (Å²) < 4.78 is 23.1. The van der Waals surface area contributed by atoms with Gasteiger partial charge in [0.15, 0.2) is 12.1 Å². The van der Waals surface area contributed by atoms with Gasteiger partial charge in [0.05, 0.1) is 0 Å². The van der Waals surface area contributed by atoms with Gasteiger partial charge in [-0.2, -0.15) is 0 Å². The fraction of sp³-hybridized carbons (Fsp3) is 0.692. The summed E-state index contributed by atoms with van der Waals surface area (Å²) >= 11 is 0. The van der Waals surface area contributed by atoms with E-state index in [1.165, 1.54) is 0 Å². The lowest BCUT2D eigenvalue weighted by Gasteiger charge is -2.35. The Balaban J connectivity index is 2.32. The lowest BCUT2D eigenvalue weighted by molar-refractivity contribution is -0.225. The van der Waals surface area contributed by atoms with Gasteiger partial charge in [0.1, 0.15) is 17.8 Å². The molecule has 0 bridgehead atoms. The first kappa shape index (κ1) is 12.8. The normalized spacial score (nSPS) is 43.4. The Morgan fingerprint density at radius 1 is 1.29 bits per heavy atom. The van der Waals surface area contributed by atoms with E-state index in [9.17, 15) is 0 Å². The van der Waals surface area contributed by atoms with Crippen LogP contribution in [0.1, 0.15) is 20.3 Å². The fourth-order valence-electron chi connectivity index (χ4n) is 2.61. The zero-order chi connectivity index (χ0) is 12.7. The van der Waals surface area contributed by atoms with Gasteiger partial charge in [-0.25, -0.2) is 0 Å². The van der Waals surface area contributed by atoms with E-state index in [4.69, 9.17) is 18.9 Å². The number of fused-ring (bicyclic) bond motifs is 1. The zero-order valence-corrected chi connectivity index (χ0v) is 10.6. The maximum absolute atomic E-state index is 5.90.